The molecule has 4 aliphatic rings. The van der Waals surface area contributed by atoms with Gasteiger partial charge in [-0.25, -0.2) is 0 Å². The molecule has 0 aromatic heterocycles. The van der Waals surface area contributed by atoms with Gasteiger partial charge in [-0.3, -0.25) is 4.90 Å². The molecule has 4 rings (SSSR count). The van der Waals surface area contributed by atoms with Crippen molar-refractivity contribution in [2.75, 3.05) is 26.3 Å². The van der Waals surface area contributed by atoms with Crippen molar-refractivity contribution in [1.29, 1.82) is 0 Å². The highest BCUT2D eigenvalue weighted by Gasteiger charge is 2.42. The van der Waals surface area contributed by atoms with Crippen molar-refractivity contribution >= 4 is 0 Å². The van der Waals surface area contributed by atoms with Crippen molar-refractivity contribution in [2.24, 2.45) is 11.8 Å². The van der Waals surface area contributed by atoms with E-state index in [1.807, 2.05) is 0 Å². The van der Waals surface area contributed by atoms with Gasteiger partial charge in [0.1, 0.15) is 0 Å². The van der Waals surface area contributed by atoms with Gasteiger partial charge in [-0.1, -0.05) is 24.3 Å². The van der Waals surface area contributed by atoms with E-state index in [-0.39, 0.29) is 5.79 Å². The molecule has 1 spiro atoms. The first kappa shape index (κ1) is 13.1. The summed E-state index contributed by atoms with van der Waals surface area (Å²) < 4.78 is 11.7. The van der Waals surface area contributed by atoms with E-state index in [9.17, 15) is 0 Å². The Morgan fingerprint density at radius 2 is 1.60 bits per heavy atom. The number of fused-ring (bicyclic) bond motifs is 1. The first-order chi connectivity index (χ1) is 9.85. The molecule has 0 bridgehead atoms. The Morgan fingerprint density at radius 3 is 2.35 bits per heavy atom. The number of rotatable bonds is 1. The minimum absolute atomic E-state index is 0.206. The fourth-order valence-corrected chi connectivity index (χ4v) is 4.41. The molecule has 1 saturated carbocycles. The monoisotopic (exact) mass is 275 g/mol. The summed E-state index contributed by atoms with van der Waals surface area (Å²) in [7, 11) is 0. The third-order valence-corrected chi connectivity index (χ3v) is 5.62. The van der Waals surface area contributed by atoms with Gasteiger partial charge in [-0.15, -0.1) is 0 Å². The summed E-state index contributed by atoms with van der Waals surface area (Å²) in [5.41, 5.74) is 0. The fourth-order valence-electron chi connectivity index (χ4n) is 4.41. The van der Waals surface area contributed by atoms with Crippen molar-refractivity contribution in [2.45, 2.75) is 43.9 Å². The van der Waals surface area contributed by atoms with Crippen LogP contribution in [0.1, 0.15) is 32.1 Å². The van der Waals surface area contributed by atoms with Gasteiger partial charge in [0.15, 0.2) is 5.79 Å². The van der Waals surface area contributed by atoms with E-state index < -0.39 is 0 Å². The maximum Gasteiger partial charge on any atom is 0.168 e. The van der Waals surface area contributed by atoms with E-state index in [0.717, 1.165) is 43.9 Å². The molecule has 0 aromatic carbocycles. The van der Waals surface area contributed by atoms with Crippen molar-refractivity contribution in [1.82, 2.24) is 4.90 Å². The first-order valence-electron chi connectivity index (χ1n) is 8.22. The molecule has 2 saturated heterocycles. The molecule has 0 radical (unpaired) electrons. The molecule has 3 nitrogen and oxygen atoms in total. The Balaban J connectivity index is 1.35. The van der Waals surface area contributed by atoms with Crippen molar-refractivity contribution < 1.29 is 9.47 Å². The molecule has 0 amide bonds. The molecule has 2 unspecified atom stereocenters. The summed E-state index contributed by atoms with van der Waals surface area (Å²) in [6, 6.07) is 0.744. The van der Waals surface area contributed by atoms with Crippen LogP contribution >= 0.6 is 0 Å². The minimum Gasteiger partial charge on any atom is -0.348 e. The van der Waals surface area contributed by atoms with E-state index >= 15 is 0 Å². The molecular weight excluding hydrogens is 250 g/mol. The largest absolute Gasteiger partial charge is 0.348 e. The van der Waals surface area contributed by atoms with E-state index in [2.05, 4.69) is 29.2 Å². The average molecular weight is 275 g/mol. The Kier molecular flexibility index (Phi) is 3.45. The Labute approximate surface area is 121 Å². The van der Waals surface area contributed by atoms with Crippen LogP contribution in [0.5, 0.6) is 0 Å². The molecule has 2 heterocycles. The van der Waals surface area contributed by atoms with E-state index in [4.69, 9.17) is 9.47 Å². The van der Waals surface area contributed by atoms with Crippen LogP contribution in [0.25, 0.3) is 0 Å². The topological polar surface area (TPSA) is 21.7 Å². The van der Waals surface area contributed by atoms with E-state index in [1.165, 1.54) is 32.4 Å². The second-order valence-electron chi connectivity index (χ2n) is 6.72. The molecule has 3 heteroatoms. The van der Waals surface area contributed by atoms with Gasteiger partial charge in [-0.05, 0) is 37.6 Å². The molecule has 0 N–H and O–H groups in total. The molecular formula is C17H25NO2. The van der Waals surface area contributed by atoms with Crippen LogP contribution < -0.4 is 0 Å². The molecule has 20 heavy (non-hydrogen) atoms. The molecule has 2 aliphatic carbocycles. The van der Waals surface area contributed by atoms with Crippen LogP contribution in [0.4, 0.5) is 0 Å². The Hall–Kier alpha value is -0.640. The number of piperidine rings is 1. The highest BCUT2D eigenvalue weighted by atomic mass is 16.7. The first-order valence-corrected chi connectivity index (χ1v) is 8.22. The Morgan fingerprint density at radius 1 is 0.900 bits per heavy atom. The number of allylic oxidation sites excluding steroid dienone is 3. The lowest BCUT2D eigenvalue weighted by molar-refractivity contribution is -0.184. The summed E-state index contributed by atoms with van der Waals surface area (Å²) >= 11 is 0. The fraction of sp³-hybridized carbons (Fsp3) is 0.765. The average Bonchev–Trinajstić information content (AvgIpc) is 2.96. The third kappa shape index (κ3) is 2.36. The summed E-state index contributed by atoms with van der Waals surface area (Å²) in [6.45, 7) is 4.08. The zero-order valence-corrected chi connectivity index (χ0v) is 12.2. The standard InChI is InChI=1S/C17H25NO2/c1-2-4-15-13-18(10-7-14(15)3-1)16-5-8-17(9-6-16)19-11-12-20-17/h1-4,14-16H,5-13H2. The second-order valence-corrected chi connectivity index (χ2v) is 6.72. The number of hydrogen-bond donors (Lipinski definition) is 0. The van der Waals surface area contributed by atoms with Gasteiger partial charge in [0.05, 0.1) is 13.2 Å². The van der Waals surface area contributed by atoms with Gasteiger partial charge in [-0.2, -0.15) is 0 Å². The van der Waals surface area contributed by atoms with Crippen molar-refractivity contribution in [3.05, 3.63) is 24.3 Å². The normalized spacial score (nSPS) is 37.4. The highest BCUT2D eigenvalue weighted by molar-refractivity contribution is 5.16. The summed E-state index contributed by atoms with van der Waals surface area (Å²) in [5.74, 6) is 1.32. The zero-order valence-electron chi connectivity index (χ0n) is 12.2. The number of likely N-dealkylation sites (tertiary alicyclic amines) is 1. The minimum atomic E-state index is -0.206. The van der Waals surface area contributed by atoms with Gasteiger partial charge >= 0.3 is 0 Å². The number of ether oxygens (including phenoxy) is 2. The molecule has 2 atom stereocenters. The lowest BCUT2D eigenvalue weighted by Crippen LogP contribution is -2.49. The van der Waals surface area contributed by atoms with E-state index in [1.54, 1.807) is 0 Å². The SMILES string of the molecule is C1=CC2CCN(C3CCC4(CC3)OCCO4)CC2C=C1. The van der Waals surface area contributed by atoms with Crippen molar-refractivity contribution in [3.8, 4) is 0 Å². The van der Waals surface area contributed by atoms with Crippen molar-refractivity contribution in [3.63, 3.8) is 0 Å². The maximum atomic E-state index is 5.84. The predicted octanol–water partition coefficient (Wildman–Crippen LogP) is 2.74. The van der Waals surface area contributed by atoms with Crippen LogP contribution in [0.15, 0.2) is 24.3 Å². The second kappa shape index (κ2) is 5.28. The van der Waals surface area contributed by atoms with E-state index in [0.29, 0.717) is 0 Å². The summed E-state index contributed by atoms with van der Waals surface area (Å²) in [6.07, 6.45) is 15.2. The van der Waals surface area contributed by atoms with Crippen LogP contribution in [-0.4, -0.2) is 43.0 Å². The summed E-state index contributed by atoms with van der Waals surface area (Å²) in [4.78, 5) is 2.73. The quantitative estimate of drug-likeness (QED) is 0.734. The van der Waals surface area contributed by atoms with Crippen LogP contribution in [-0.2, 0) is 9.47 Å². The molecule has 0 aromatic rings. The van der Waals surface area contributed by atoms with Gasteiger partial charge in [0, 0.05) is 25.4 Å². The zero-order chi connectivity index (χ0) is 13.4. The number of hydrogen-bond acceptors (Lipinski definition) is 3. The molecule has 2 aliphatic heterocycles. The predicted molar refractivity (Wildman–Crippen MR) is 78.3 cm³/mol. The third-order valence-electron chi connectivity index (χ3n) is 5.62. The summed E-state index contributed by atoms with van der Waals surface area (Å²) in [5, 5.41) is 0. The smallest absolute Gasteiger partial charge is 0.168 e. The van der Waals surface area contributed by atoms with Crippen LogP contribution in [0.3, 0.4) is 0 Å². The van der Waals surface area contributed by atoms with Crippen LogP contribution in [0, 0.1) is 11.8 Å². The van der Waals surface area contributed by atoms with Gasteiger partial charge in [0.25, 0.3) is 0 Å². The molecule has 110 valence electrons. The molecule has 3 fully saturated rings. The Bertz CT molecular complexity index is 401. The number of nitrogens with zero attached hydrogens (tertiary/aromatic N) is 1. The van der Waals surface area contributed by atoms with Gasteiger partial charge in [0.2, 0.25) is 0 Å². The lowest BCUT2D eigenvalue weighted by atomic mass is 9.80. The van der Waals surface area contributed by atoms with Crippen LogP contribution in [0.2, 0.25) is 0 Å². The maximum absolute atomic E-state index is 5.84. The van der Waals surface area contributed by atoms with Gasteiger partial charge < -0.3 is 9.47 Å². The lowest BCUT2D eigenvalue weighted by Gasteiger charge is -2.45. The highest BCUT2D eigenvalue weighted by Crippen LogP contribution is 2.39.